The minimum atomic E-state index is 0.298. The van der Waals surface area contributed by atoms with Gasteiger partial charge in [0.1, 0.15) is 12.4 Å². The lowest BCUT2D eigenvalue weighted by Gasteiger charge is -2.30. The Balaban J connectivity index is 1.84. The SMILES string of the molecule is C#CCOc1ccccc1CNCC1CCCCC1CO. The molecule has 0 aromatic heterocycles. The van der Waals surface area contributed by atoms with Crippen molar-refractivity contribution in [3.05, 3.63) is 29.8 Å². The van der Waals surface area contributed by atoms with Crippen LogP contribution in [0.2, 0.25) is 0 Å². The first-order chi connectivity index (χ1) is 10.3. The molecule has 1 aliphatic rings. The van der Waals surface area contributed by atoms with Gasteiger partial charge >= 0.3 is 0 Å². The Morgan fingerprint density at radius 1 is 1.24 bits per heavy atom. The molecule has 0 radical (unpaired) electrons. The summed E-state index contributed by atoms with van der Waals surface area (Å²) in [5, 5.41) is 13.0. The topological polar surface area (TPSA) is 41.5 Å². The molecular formula is C18H25NO2. The van der Waals surface area contributed by atoms with Crippen molar-refractivity contribution in [3.8, 4) is 18.1 Å². The van der Waals surface area contributed by atoms with Crippen molar-refractivity contribution in [3.63, 3.8) is 0 Å². The van der Waals surface area contributed by atoms with E-state index in [9.17, 15) is 5.11 Å². The van der Waals surface area contributed by atoms with Crippen LogP contribution in [0.1, 0.15) is 31.2 Å². The molecule has 1 aliphatic carbocycles. The van der Waals surface area contributed by atoms with E-state index in [1.165, 1.54) is 19.3 Å². The van der Waals surface area contributed by atoms with Crippen LogP contribution in [0.4, 0.5) is 0 Å². The third-order valence-corrected chi connectivity index (χ3v) is 4.31. The van der Waals surface area contributed by atoms with Gasteiger partial charge in [0.2, 0.25) is 0 Å². The summed E-state index contributed by atoms with van der Waals surface area (Å²) in [7, 11) is 0. The predicted octanol–water partition coefficient (Wildman–Crippen LogP) is 2.59. The summed E-state index contributed by atoms with van der Waals surface area (Å²) >= 11 is 0. The van der Waals surface area contributed by atoms with Crippen LogP contribution in [0.25, 0.3) is 0 Å². The first kappa shape index (κ1) is 15.9. The van der Waals surface area contributed by atoms with E-state index in [2.05, 4.69) is 17.3 Å². The number of terminal acetylenes is 1. The fourth-order valence-corrected chi connectivity index (χ4v) is 3.10. The van der Waals surface area contributed by atoms with Crippen molar-refractivity contribution < 1.29 is 9.84 Å². The molecule has 3 heteroatoms. The molecule has 2 rings (SSSR count). The molecule has 1 saturated carbocycles. The van der Waals surface area contributed by atoms with Gasteiger partial charge in [0.05, 0.1) is 0 Å². The van der Waals surface area contributed by atoms with Crippen molar-refractivity contribution >= 4 is 0 Å². The summed E-state index contributed by atoms with van der Waals surface area (Å²) in [6.07, 6.45) is 10.2. The van der Waals surface area contributed by atoms with Gasteiger partial charge in [-0.15, -0.1) is 6.42 Å². The van der Waals surface area contributed by atoms with E-state index in [1.54, 1.807) is 0 Å². The Morgan fingerprint density at radius 2 is 2.00 bits per heavy atom. The van der Waals surface area contributed by atoms with Gasteiger partial charge in [-0.25, -0.2) is 0 Å². The van der Waals surface area contributed by atoms with E-state index >= 15 is 0 Å². The van der Waals surface area contributed by atoms with Crippen LogP contribution < -0.4 is 10.1 Å². The normalized spacial score (nSPS) is 21.7. The minimum absolute atomic E-state index is 0.298. The van der Waals surface area contributed by atoms with Gasteiger partial charge in [-0.1, -0.05) is 37.0 Å². The van der Waals surface area contributed by atoms with Gasteiger partial charge in [-0.05, 0) is 37.3 Å². The van der Waals surface area contributed by atoms with Crippen LogP contribution in [0.5, 0.6) is 5.75 Å². The Bertz CT molecular complexity index is 467. The highest BCUT2D eigenvalue weighted by Crippen LogP contribution is 2.29. The fourth-order valence-electron chi connectivity index (χ4n) is 3.10. The van der Waals surface area contributed by atoms with Gasteiger partial charge in [-0.3, -0.25) is 0 Å². The van der Waals surface area contributed by atoms with E-state index in [0.717, 1.165) is 30.8 Å². The monoisotopic (exact) mass is 287 g/mol. The molecule has 21 heavy (non-hydrogen) atoms. The van der Waals surface area contributed by atoms with Gasteiger partial charge in [0.15, 0.2) is 0 Å². The molecule has 2 unspecified atom stereocenters. The molecule has 114 valence electrons. The summed E-state index contributed by atoms with van der Waals surface area (Å²) in [5.41, 5.74) is 1.13. The maximum absolute atomic E-state index is 9.45. The van der Waals surface area contributed by atoms with Gasteiger partial charge in [0.25, 0.3) is 0 Å². The maximum Gasteiger partial charge on any atom is 0.148 e. The number of aliphatic hydroxyl groups excluding tert-OH is 1. The largest absolute Gasteiger partial charge is 0.481 e. The molecular weight excluding hydrogens is 262 g/mol. The van der Waals surface area contributed by atoms with Crippen molar-refractivity contribution in [2.24, 2.45) is 11.8 Å². The Labute approximate surface area is 127 Å². The van der Waals surface area contributed by atoms with Crippen molar-refractivity contribution in [2.45, 2.75) is 32.2 Å². The lowest BCUT2D eigenvalue weighted by Crippen LogP contribution is -2.32. The average Bonchev–Trinajstić information content (AvgIpc) is 2.54. The standard InChI is InChI=1S/C18H25NO2/c1-2-11-21-18-10-6-5-8-16(18)13-19-12-15-7-3-4-9-17(15)14-20/h1,5-6,8,10,15,17,19-20H,3-4,7,9,11-14H2. The molecule has 0 amide bonds. The zero-order valence-corrected chi connectivity index (χ0v) is 12.6. The van der Waals surface area contributed by atoms with Crippen molar-refractivity contribution in [1.29, 1.82) is 0 Å². The molecule has 1 fully saturated rings. The van der Waals surface area contributed by atoms with Crippen LogP contribution in [0.3, 0.4) is 0 Å². The summed E-state index contributed by atoms with van der Waals surface area (Å²) in [6.45, 7) is 2.34. The summed E-state index contributed by atoms with van der Waals surface area (Å²) in [4.78, 5) is 0. The first-order valence-corrected chi connectivity index (χ1v) is 7.81. The zero-order valence-electron chi connectivity index (χ0n) is 12.6. The van der Waals surface area contributed by atoms with Crippen LogP contribution in [0, 0.1) is 24.2 Å². The molecule has 2 atom stereocenters. The zero-order chi connectivity index (χ0) is 14.9. The summed E-state index contributed by atoms with van der Waals surface area (Å²) < 4.78 is 5.56. The highest BCUT2D eigenvalue weighted by molar-refractivity contribution is 5.33. The van der Waals surface area contributed by atoms with Gasteiger partial charge in [-0.2, -0.15) is 0 Å². The molecule has 0 saturated heterocycles. The lowest BCUT2D eigenvalue weighted by atomic mass is 9.79. The molecule has 3 nitrogen and oxygen atoms in total. The van der Waals surface area contributed by atoms with E-state index in [1.807, 2.05) is 18.2 Å². The number of rotatable bonds is 7. The third kappa shape index (κ3) is 4.77. The molecule has 2 N–H and O–H groups in total. The van der Waals surface area contributed by atoms with Crippen molar-refractivity contribution in [2.75, 3.05) is 19.8 Å². The predicted molar refractivity (Wildman–Crippen MR) is 85.0 cm³/mol. The molecule has 0 heterocycles. The van der Waals surface area contributed by atoms with Crippen LogP contribution >= 0.6 is 0 Å². The highest BCUT2D eigenvalue weighted by atomic mass is 16.5. The number of nitrogens with one attached hydrogen (secondary N) is 1. The van der Waals surface area contributed by atoms with Crippen molar-refractivity contribution in [1.82, 2.24) is 5.32 Å². The molecule has 1 aromatic rings. The number of para-hydroxylation sites is 1. The second kappa shape index (κ2) is 8.71. The summed E-state index contributed by atoms with van der Waals surface area (Å²) in [5.74, 6) is 4.39. The second-order valence-corrected chi connectivity index (χ2v) is 5.72. The number of hydrogen-bond donors (Lipinski definition) is 2. The molecule has 0 aliphatic heterocycles. The highest BCUT2D eigenvalue weighted by Gasteiger charge is 2.23. The van der Waals surface area contributed by atoms with Crippen LogP contribution in [-0.2, 0) is 6.54 Å². The van der Waals surface area contributed by atoms with Gasteiger partial charge in [0, 0.05) is 18.7 Å². The van der Waals surface area contributed by atoms with E-state index in [0.29, 0.717) is 25.0 Å². The molecule has 1 aromatic carbocycles. The van der Waals surface area contributed by atoms with Crippen LogP contribution in [0.15, 0.2) is 24.3 Å². The van der Waals surface area contributed by atoms with E-state index < -0.39 is 0 Å². The molecule has 0 bridgehead atoms. The maximum atomic E-state index is 9.45. The van der Waals surface area contributed by atoms with Crippen LogP contribution in [-0.4, -0.2) is 24.9 Å². The Hall–Kier alpha value is -1.50. The lowest BCUT2D eigenvalue weighted by molar-refractivity contribution is 0.133. The van der Waals surface area contributed by atoms with E-state index in [4.69, 9.17) is 11.2 Å². The Morgan fingerprint density at radius 3 is 2.76 bits per heavy atom. The smallest absolute Gasteiger partial charge is 0.148 e. The number of hydrogen-bond acceptors (Lipinski definition) is 3. The van der Waals surface area contributed by atoms with E-state index in [-0.39, 0.29) is 0 Å². The van der Waals surface area contributed by atoms with Gasteiger partial charge < -0.3 is 15.2 Å². The summed E-state index contributed by atoms with van der Waals surface area (Å²) in [6, 6.07) is 7.98. The number of aliphatic hydroxyl groups is 1. The minimum Gasteiger partial charge on any atom is -0.481 e. The third-order valence-electron chi connectivity index (χ3n) is 4.31. The quantitative estimate of drug-likeness (QED) is 0.757. The first-order valence-electron chi connectivity index (χ1n) is 7.81. The second-order valence-electron chi connectivity index (χ2n) is 5.72. The average molecular weight is 287 g/mol. The molecule has 0 spiro atoms. The number of ether oxygens (including phenoxy) is 1. The Kier molecular flexibility index (Phi) is 6.59. The fraction of sp³-hybridized carbons (Fsp3) is 0.556. The number of benzene rings is 1.